The number of hydrogen-bond acceptors (Lipinski definition) is 3. The fraction of sp³-hybridized carbons (Fsp3) is 0.400. The Kier molecular flexibility index (Phi) is 3.27. The van der Waals surface area contributed by atoms with Gasteiger partial charge in [-0.2, -0.15) is 0 Å². The third kappa shape index (κ3) is 2.05. The highest BCUT2D eigenvalue weighted by molar-refractivity contribution is 7.19. The number of rotatable bonds is 4. The van der Waals surface area contributed by atoms with E-state index in [4.69, 9.17) is 16.3 Å². The molecule has 100 valence electrons. The summed E-state index contributed by atoms with van der Waals surface area (Å²) in [4.78, 5) is 13.2. The Morgan fingerprint density at radius 1 is 1.32 bits per heavy atom. The van der Waals surface area contributed by atoms with Gasteiger partial charge in [-0.3, -0.25) is 0 Å². The van der Waals surface area contributed by atoms with E-state index in [0.717, 1.165) is 39.8 Å². The number of fused-ring (bicyclic) bond motifs is 3. The molecule has 1 unspecified atom stereocenters. The maximum atomic E-state index is 12.1. The van der Waals surface area contributed by atoms with E-state index >= 15 is 0 Å². The topological polar surface area (TPSA) is 26.3 Å². The van der Waals surface area contributed by atoms with E-state index in [0.29, 0.717) is 5.88 Å². The highest BCUT2D eigenvalue weighted by atomic mass is 35.5. The van der Waals surface area contributed by atoms with Crippen LogP contribution in [-0.4, -0.2) is 11.8 Å². The zero-order chi connectivity index (χ0) is 13.5. The van der Waals surface area contributed by atoms with Gasteiger partial charge in [0.15, 0.2) is 0 Å². The average Bonchev–Trinajstić information content (AvgIpc) is 2.88. The van der Waals surface area contributed by atoms with Gasteiger partial charge in [0.1, 0.15) is 5.60 Å². The van der Waals surface area contributed by atoms with E-state index in [9.17, 15) is 4.79 Å². The molecule has 0 N–H and O–H groups in total. The maximum absolute atomic E-state index is 12.1. The van der Waals surface area contributed by atoms with Crippen molar-refractivity contribution in [1.29, 1.82) is 0 Å². The fourth-order valence-corrected chi connectivity index (χ4v) is 4.13. The van der Waals surface area contributed by atoms with Crippen LogP contribution >= 0.6 is 22.9 Å². The monoisotopic (exact) mass is 294 g/mol. The van der Waals surface area contributed by atoms with Gasteiger partial charge in [0, 0.05) is 16.0 Å². The van der Waals surface area contributed by atoms with E-state index in [1.54, 1.807) is 11.3 Å². The van der Waals surface area contributed by atoms with Crippen molar-refractivity contribution in [3.05, 3.63) is 34.7 Å². The molecular weight excluding hydrogens is 280 g/mol. The smallest absolute Gasteiger partial charge is 0.340 e. The number of unbranched alkanes of at least 4 members (excludes halogenated alkanes) is 1. The Balaban J connectivity index is 2.03. The standard InChI is InChI=1S/C15H15ClO2S/c1-15(8-4-5-9-16)13-12(14(17)18-15)10-6-2-3-7-11(10)19-13/h2-3,6-7H,4-5,8-9H2,1H3. The highest BCUT2D eigenvalue weighted by Crippen LogP contribution is 2.47. The molecule has 0 radical (unpaired) electrons. The summed E-state index contributed by atoms with van der Waals surface area (Å²) >= 11 is 7.40. The molecule has 2 heterocycles. The Morgan fingerprint density at radius 2 is 2.11 bits per heavy atom. The lowest BCUT2D eigenvalue weighted by molar-refractivity contribution is -0.00269. The van der Waals surface area contributed by atoms with Gasteiger partial charge in [-0.25, -0.2) is 4.79 Å². The van der Waals surface area contributed by atoms with E-state index in [1.165, 1.54) is 0 Å². The average molecular weight is 295 g/mol. The summed E-state index contributed by atoms with van der Waals surface area (Å²) in [6.07, 6.45) is 2.77. The number of carbonyl (C=O) groups is 1. The lowest BCUT2D eigenvalue weighted by atomic mass is 9.96. The minimum absolute atomic E-state index is 0.180. The van der Waals surface area contributed by atoms with E-state index < -0.39 is 5.60 Å². The van der Waals surface area contributed by atoms with Crippen LogP contribution in [0.3, 0.4) is 0 Å². The van der Waals surface area contributed by atoms with Crippen LogP contribution in [-0.2, 0) is 10.3 Å². The van der Waals surface area contributed by atoms with Crippen LogP contribution in [0.25, 0.3) is 10.1 Å². The highest BCUT2D eigenvalue weighted by Gasteiger charge is 2.44. The summed E-state index contributed by atoms with van der Waals surface area (Å²) in [7, 11) is 0. The number of cyclic esters (lactones) is 1. The summed E-state index contributed by atoms with van der Waals surface area (Å²) in [5, 5.41) is 1.02. The van der Waals surface area contributed by atoms with Gasteiger partial charge in [0.05, 0.1) is 10.4 Å². The Labute approximate surface area is 121 Å². The van der Waals surface area contributed by atoms with Crippen molar-refractivity contribution in [3.63, 3.8) is 0 Å². The van der Waals surface area contributed by atoms with Crippen molar-refractivity contribution in [3.8, 4) is 0 Å². The summed E-state index contributed by atoms with van der Waals surface area (Å²) in [5.41, 5.74) is 0.302. The Hall–Kier alpha value is -1.06. The van der Waals surface area contributed by atoms with Gasteiger partial charge in [-0.05, 0) is 32.3 Å². The van der Waals surface area contributed by atoms with Crippen molar-refractivity contribution in [2.75, 3.05) is 5.88 Å². The van der Waals surface area contributed by atoms with Crippen LogP contribution in [0.15, 0.2) is 24.3 Å². The molecule has 0 aliphatic carbocycles. The zero-order valence-corrected chi connectivity index (χ0v) is 12.3. The molecule has 1 aliphatic rings. The number of esters is 1. The van der Waals surface area contributed by atoms with E-state index in [1.807, 2.05) is 25.1 Å². The summed E-state index contributed by atoms with van der Waals surface area (Å²) in [5.74, 6) is 0.476. The van der Waals surface area contributed by atoms with E-state index in [2.05, 4.69) is 6.07 Å². The molecule has 0 bridgehead atoms. The van der Waals surface area contributed by atoms with Gasteiger partial charge in [0.2, 0.25) is 0 Å². The zero-order valence-electron chi connectivity index (χ0n) is 10.7. The predicted octanol–water partition coefficient (Wildman–Crippen LogP) is 4.70. The molecule has 0 saturated heterocycles. The van der Waals surface area contributed by atoms with Crippen molar-refractivity contribution < 1.29 is 9.53 Å². The Bertz CT molecular complexity index is 634. The molecular formula is C15H15ClO2S. The third-order valence-corrected chi connectivity index (χ3v) is 5.32. The van der Waals surface area contributed by atoms with Gasteiger partial charge in [-0.15, -0.1) is 22.9 Å². The molecule has 2 nitrogen and oxygen atoms in total. The van der Waals surface area contributed by atoms with Crippen LogP contribution in [0.1, 0.15) is 41.4 Å². The van der Waals surface area contributed by atoms with Crippen molar-refractivity contribution >= 4 is 39.0 Å². The van der Waals surface area contributed by atoms with Gasteiger partial charge >= 0.3 is 5.97 Å². The second-order valence-corrected chi connectivity index (χ2v) is 6.50. The number of benzene rings is 1. The minimum atomic E-state index is -0.470. The molecule has 1 atom stereocenters. The second kappa shape index (κ2) is 4.80. The fourth-order valence-electron chi connectivity index (χ4n) is 2.64. The quantitative estimate of drug-likeness (QED) is 0.464. The number of ether oxygens (including phenoxy) is 1. The van der Waals surface area contributed by atoms with Crippen LogP contribution < -0.4 is 0 Å². The molecule has 0 fully saturated rings. The predicted molar refractivity (Wildman–Crippen MR) is 79.2 cm³/mol. The molecule has 0 saturated carbocycles. The number of alkyl halides is 1. The summed E-state index contributed by atoms with van der Waals surface area (Å²) in [6, 6.07) is 8.02. The van der Waals surface area contributed by atoms with Gasteiger partial charge in [0.25, 0.3) is 0 Å². The number of thiophene rings is 1. The van der Waals surface area contributed by atoms with Crippen LogP contribution in [0.4, 0.5) is 0 Å². The number of hydrogen-bond donors (Lipinski definition) is 0. The normalized spacial score (nSPS) is 21.7. The minimum Gasteiger partial charge on any atom is -0.450 e. The largest absolute Gasteiger partial charge is 0.450 e. The molecule has 1 aromatic carbocycles. The molecule has 2 aromatic rings. The van der Waals surface area contributed by atoms with Crippen LogP contribution in [0.2, 0.25) is 0 Å². The van der Waals surface area contributed by atoms with Crippen molar-refractivity contribution in [1.82, 2.24) is 0 Å². The Morgan fingerprint density at radius 3 is 2.89 bits per heavy atom. The molecule has 4 heteroatoms. The molecule has 1 aromatic heterocycles. The second-order valence-electron chi connectivity index (χ2n) is 5.07. The first kappa shape index (κ1) is 12.9. The third-order valence-electron chi connectivity index (χ3n) is 3.64. The van der Waals surface area contributed by atoms with Crippen LogP contribution in [0.5, 0.6) is 0 Å². The van der Waals surface area contributed by atoms with Crippen LogP contribution in [0, 0.1) is 0 Å². The summed E-state index contributed by atoms with van der Waals surface area (Å²) < 4.78 is 6.80. The lowest BCUT2D eigenvalue weighted by Crippen LogP contribution is -2.21. The van der Waals surface area contributed by atoms with Gasteiger partial charge < -0.3 is 4.74 Å². The molecule has 0 spiro atoms. The maximum Gasteiger partial charge on any atom is 0.340 e. The van der Waals surface area contributed by atoms with Gasteiger partial charge in [-0.1, -0.05) is 18.2 Å². The summed E-state index contributed by atoms with van der Waals surface area (Å²) in [6.45, 7) is 2.01. The van der Waals surface area contributed by atoms with Crippen molar-refractivity contribution in [2.24, 2.45) is 0 Å². The molecule has 3 rings (SSSR count). The van der Waals surface area contributed by atoms with Crippen molar-refractivity contribution in [2.45, 2.75) is 31.8 Å². The van der Waals surface area contributed by atoms with E-state index in [-0.39, 0.29) is 5.97 Å². The lowest BCUT2D eigenvalue weighted by Gasteiger charge is -2.22. The number of halogens is 1. The first-order chi connectivity index (χ1) is 9.15. The first-order valence-electron chi connectivity index (χ1n) is 6.47. The molecule has 0 amide bonds. The first-order valence-corrected chi connectivity index (χ1v) is 7.82. The molecule has 19 heavy (non-hydrogen) atoms. The molecule has 1 aliphatic heterocycles. The SMILES string of the molecule is CC1(CCCCCl)OC(=O)c2c1sc1ccccc21. The number of carbonyl (C=O) groups excluding carboxylic acids is 1.